The number of nitrogen functional groups attached to an aromatic ring is 5. The van der Waals surface area contributed by atoms with Crippen molar-refractivity contribution in [3.63, 3.8) is 0 Å². The number of aromatic nitrogens is 13. The van der Waals surface area contributed by atoms with E-state index in [1.54, 1.807) is 13.8 Å². The van der Waals surface area contributed by atoms with Gasteiger partial charge in [-0.3, -0.25) is 64.3 Å². The highest BCUT2D eigenvalue weighted by Crippen LogP contribution is 2.58. The van der Waals surface area contributed by atoms with Gasteiger partial charge in [-0.15, -0.1) is 0 Å². The summed E-state index contributed by atoms with van der Waals surface area (Å²) in [7, 11) is -5.07. The van der Waals surface area contributed by atoms with Gasteiger partial charge in [-0.2, -0.15) is 19.9 Å². The number of hydrogen-bond acceptors (Lipinski definition) is 49. The third kappa shape index (κ3) is 27.2. The van der Waals surface area contributed by atoms with E-state index in [1.165, 1.54) is 116 Å². The maximum atomic E-state index is 15.4. The molecule has 13 rings (SSSR count). The van der Waals surface area contributed by atoms with Gasteiger partial charge in [0.1, 0.15) is 127 Å². The van der Waals surface area contributed by atoms with Crippen molar-refractivity contribution in [1.82, 2.24) is 62.3 Å². The Kier molecular flexibility index (Phi) is 38.3. The molecule has 28 atom stereocenters. The van der Waals surface area contributed by atoms with Crippen molar-refractivity contribution in [1.29, 1.82) is 0 Å². The molecule has 0 aromatic carbocycles. The molecule has 6 aliphatic heterocycles. The summed E-state index contributed by atoms with van der Waals surface area (Å²) in [5.41, 5.74) is 26.5. The summed E-state index contributed by atoms with van der Waals surface area (Å²) in [6, 6.07) is 1.54. The first-order chi connectivity index (χ1) is 67.3. The highest BCUT2D eigenvalue weighted by atomic mass is 32.5. The molecule has 142 heavy (non-hydrogen) atoms. The summed E-state index contributed by atoms with van der Waals surface area (Å²) in [5.74, 6) is -0.656. The fraction of sp³-hybridized carbons (Fsp3) is 0.658. The molecule has 0 saturated carbocycles. The summed E-state index contributed by atoms with van der Waals surface area (Å²) in [5, 5.41) is 11.9. The number of phosphoric ester groups is 2. The van der Waals surface area contributed by atoms with Crippen LogP contribution in [0.2, 0.25) is 0 Å². The third-order valence-corrected chi connectivity index (χ3v) is 29.8. The van der Waals surface area contributed by atoms with Crippen molar-refractivity contribution in [2.24, 2.45) is 0 Å². The zero-order valence-corrected chi connectivity index (χ0v) is 84.9. The average molecular weight is 2170 g/mol. The molecule has 11 unspecified atom stereocenters. The van der Waals surface area contributed by atoms with Gasteiger partial charge in [-0.1, -0.05) is 0 Å². The van der Waals surface area contributed by atoms with Gasteiger partial charge in [0.2, 0.25) is 0 Å². The number of fused-ring (bicyclic) bond motifs is 1. The van der Waals surface area contributed by atoms with Gasteiger partial charge in [0.15, 0.2) is 36.8 Å². The lowest BCUT2D eigenvalue weighted by atomic mass is 10.1. The van der Waals surface area contributed by atoms with Crippen LogP contribution in [-0.2, 0) is 166 Å². The molecule has 58 nitrogen and oxygen atoms in total. The minimum absolute atomic E-state index is 0.0181. The summed E-state index contributed by atoms with van der Waals surface area (Å²) < 4.78 is 193. The van der Waals surface area contributed by atoms with E-state index in [-0.39, 0.29) is 123 Å². The zero-order valence-electron chi connectivity index (χ0n) is 78.0. The maximum Gasteiger partial charge on any atom is 0.472 e. The number of rotatable bonds is 51. The number of imidazole rings is 1. The molecule has 6 saturated heterocycles. The van der Waals surface area contributed by atoms with Crippen molar-refractivity contribution < 1.29 is 160 Å². The minimum Gasteiger partial charge on any atom is -0.397 e. The Morgan fingerprint density at radius 3 is 1.13 bits per heavy atom. The molecule has 0 radical (unpaired) electrons. The van der Waals surface area contributed by atoms with Gasteiger partial charge in [0, 0.05) is 107 Å². The third-order valence-electron chi connectivity index (χ3n) is 23.1. The Bertz CT molecular complexity index is 6200. The average Bonchev–Trinajstić information content (AvgIpc) is 1.62. The van der Waals surface area contributed by atoms with Crippen LogP contribution in [0.5, 0.6) is 0 Å². The molecule has 13 heterocycles. The number of phosphoric acid groups is 2. The van der Waals surface area contributed by atoms with E-state index in [2.05, 4.69) is 34.9 Å². The molecular formula is C76H113N18O40P5S3. The van der Waals surface area contributed by atoms with Crippen LogP contribution in [0.25, 0.3) is 11.2 Å². The number of nitrogens with two attached hydrogens (primary N) is 5. The number of ether oxygens (including phenoxy) is 16. The number of aliphatic hydroxyl groups is 1. The van der Waals surface area contributed by atoms with Gasteiger partial charge in [-0.25, -0.2) is 43.1 Å². The highest BCUT2D eigenvalue weighted by molar-refractivity contribution is 8.07. The first kappa shape index (κ1) is 112. The van der Waals surface area contributed by atoms with Crippen LogP contribution in [0.4, 0.5) is 29.0 Å². The summed E-state index contributed by atoms with van der Waals surface area (Å²) in [6.07, 6.45) is -28.1. The molecule has 0 aliphatic carbocycles. The number of nitrogens with zero attached hydrogens (tertiary/aromatic N) is 12. The molecule has 6 fully saturated rings. The number of anilines is 5. The van der Waals surface area contributed by atoms with Crippen LogP contribution in [-0.4, -0.2) is 330 Å². The maximum absolute atomic E-state index is 15.4. The molecule has 7 aromatic heterocycles. The number of aryl methyl sites for hydroxylation is 5. The molecule has 66 heteroatoms. The second-order valence-electron chi connectivity index (χ2n) is 32.9. The molecule has 7 aromatic rings. The number of methoxy groups -OCH3 is 5. The Balaban J connectivity index is 0.791. The van der Waals surface area contributed by atoms with Crippen LogP contribution in [0.1, 0.15) is 78.5 Å². The van der Waals surface area contributed by atoms with E-state index in [0.29, 0.717) is 11.1 Å². The summed E-state index contributed by atoms with van der Waals surface area (Å²) in [4.78, 5) is 170. The predicted molar refractivity (Wildman–Crippen MR) is 500 cm³/mol. The lowest BCUT2D eigenvalue weighted by molar-refractivity contribution is -0.0853. The van der Waals surface area contributed by atoms with Gasteiger partial charge < -0.3 is 152 Å². The highest BCUT2D eigenvalue weighted by Gasteiger charge is 2.58. The number of H-pyrrole nitrogens is 1. The first-order valence-electron chi connectivity index (χ1n) is 43.5. The second-order valence-corrected chi connectivity index (χ2v) is 44.1. The van der Waals surface area contributed by atoms with Gasteiger partial charge in [-0.05, 0) is 83.0 Å². The van der Waals surface area contributed by atoms with E-state index in [9.17, 15) is 58.3 Å². The molecule has 17 N–H and O–H groups in total. The topological polar surface area (TPSA) is 751 Å². The van der Waals surface area contributed by atoms with Crippen LogP contribution >= 0.6 is 35.8 Å². The second kappa shape index (κ2) is 48.5. The summed E-state index contributed by atoms with van der Waals surface area (Å²) >= 11 is 17.0. The Morgan fingerprint density at radius 1 is 0.408 bits per heavy atom. The standard InChI is InChI=1S/C76H113N18O40P5S3/c1-36-25-89(72(97)84-61(36)78)49-24-43(41(6)124-49)130-137(106,140)122-33-47-53(58(116-21-16-111-9)69(128-47)93-29-40(5)66(96)88-76(93)101)132-135(102,103)119-31-45-52(57(115-20-15-110-8)68(126-45)90-26-37(2)62(79)85-73(90)98)131-136(104,105)120-32-46-54(59(117-22-17-112-10)70(127-46)91-27-38(3)63(80)86-74(91)99)133-139(108,142)123-34-48-55(60(118-23-18-113-11)71(129-48)92-28-39(4)64(81)87-75(92)100)134-138(107,141)121-30-44-51(95)56(114-19-14-109-7)67(125-44)94-35-83-50-42(77)12-13-82-65(50)94/h12-13,25-29,35,41,43-49,51-60,67-71,95H,14-24,30-34H2,1-11H3,(H2,77,82)(H,102,103)(H,104,105)(H,106,140)(H,107,141)(H,108,142)(H2,78,84,97)(H2,79,85,98)(H2,80,86,99)(H2,81,87,100)(H,88,96,101)/t41-,43?,44-,45-,46-,47-,48-,49-,51?,52?,53?,54?,55?,56+,57+,58+,59+,60+,67-,68-,69-,70-,71-,137?,138?,139?/m1/s1. The van der Waals surface area contributed by atoms with Gasteiger partial charge in [0.05, 0.1) is 123 Å². The monoisotopic (exact) mass is 2170 g/mol. The van der Waals surface area contributed by atoms with E-state index < -0.39 is 251 Å². The molecule has 790 valence electrons. The van der Waals surface area contributed by atoms with Crippen molar-refractivity contribution in [3.05, 3.63) is 140 Å². The summed E-state index contributed by atoms with van der Waals surface area (Å²) in [6.45, 7) is -12.5. The van der Waals surface area contributed by atoms with Crippen molar-refractivity contribution in [3.8, 4) is 0 Å². The van der Waals surface area contributed by atoms with Crippen molar-refractivity contribution >= 4 is 111 Å². The van der Waals surface area contributed by atoms with Crippen molar-refractivity contribution in [2.45, 2.75) is 189 Å². The van der Waals surface area contributed by atoms with Gasteiger partial charge >= 0.3 is 64.2 Å². The van der Waals surface area contributed by atoms with E-state index in [1.807, 2.05) is 0 Å². The zero-order chi connectivity index (χ0) is 103. The van der Waals surface area contributed by atoms with Crippen LogP contribution in [0.15, 0.2) is 78.3 Å². The quantitative estimate of drug-likeness (QED) is 0.0155. The van der Waals surface area contributed by atoms with Crippen LogP contribution in [0.3, 0.4) is 0 Å². The van der Waals surface area contributed by atoms with Crippen LogP contribution in [0, 0.1) is 34.6 Å². The minimum atomic E-state index is -5.94. The smallest absolute Gasteiger partial charge is 0.397 e. The first-order valence-corrected chi connectivity index (χ1v) is 54.3. The molecule has 0 spiro atoms. The number of pyridine rings is 1. The Labute approximate surface area is 821 Å². The Hall–Kier alpha value is -7.05. The lowest BCUT2D eigenvalue weighted by Crippen LogP contribution is -2.42. The van der Waals surface area contributed by atoms with Gasteiger partial charge in [0.25, 0.3) is 5.56 Å². The number of nitrogens with one attached hydrogen (secondary N) is 1. The fourth-order valence-corrected chi connectivity index (χ4v) is 22.2. The molecule has 6 aliphatic rings. The van der Waals surface area contributed by atoms with E-state index in [4.69, 9.17) is 185 Å². The number of aliphatic hydroxyl groups excluding tert-OH is 1. The normalized spacial score (nSPS) is 29.5. The Morgan fingerprint density at radius 2 is 0.732 bits per heavy atom. The van der Waals surface area contributed by atoms with Crippen LogP contribution < -0.4 is 62.7 Å². The largest absolute Gasteiger partial charge is 0.472 e. The SMILES string of the molecule is COCCO[C@H]1C(OP(=O)(O)OC[C@H]2O[C@@H](n3cc(C)c(N)nc3=O)[C@@H](OCCOC)C2OP(O)(=S)OC[C@H]2O[C@@H](n3cc(C)c(N)nc3=O)[C@@H](OCCOC)C2OP(O)(=S)OC[C@H]2O[C@@H](n3cnc4c(N)ccnc43)[C@@H](OCCOC)C2O)[C@@H](COP(=O)(O)OC2[C@@H](COP(O)(=S)OC3C[C@H](n4cc(C)c(N)nc4=O)O[C@@H]3C)O[C@@H](n3cc(C)c(=O)[nH]c3=O)[C@H]2OCCOC)O[C@H]1n1cc(C)c(N)nc1=O. The molecular weight excluding hydrogens is 2060 g/mol. The number of aromatic amines is 1. The van der Waals surface area contributed by atoms with E-state index in [0.717, 1.165) is 24.5 Å². The van der Waals surface area contributed by atoms with Crippen molar-refractivity contribution in [2.75, 3.05) is 163 Å². The predicted octanol–water partition coefficient (Wildman–Crippen LogP) is -1.36. The fourth-order valence-electron chi connectivity index (χ4n) is 15.9. The molecule has 0 bridgehead atoms. The molecule has 0 amide bonds. The number of hydrogen-bond donors (Lipinski definition) is 12. The lowest BCUT2D eigenvalue weighted by Gasteiger charge is -2.30. The van der Waals surface area contributed by atoms with E-state index >= 15 is 9.13 Å².